The number of rotatable bonds is 3. The van der Waals surface area contributed by atoms with Crippen molar-refractivity contribution in [3.63, 3.8) is 0 Å². The van der Waals surface area contributed by atoms with Crippen molar-refractivity contribution in [2.24, 2.45) is 0 Å². The zero-order chi connectivity index (χ0) is 14.7. The molecule has 1 heterocycles. The van der Waals surface area contributed by atoms with Crippen molar-refractivity contribution in [2.45, 2.75) is 6.04 Å². The van der Waals surface area contributed by atoms with Gasteiger partial charge in [-0.15, -0.1) is 0 Å². The fourth-order valence-electron chi connectivity index (χ4n) is 1.82. The van der Waals surface area contributed by atoms with Crippen LogP contribution in [-0.2, 0) is 4.79 Å². The van der Waals surface area contributed by atoms with E-state index in [0.717, 1.165) is 4.90 Å². The summed E-state index contributed by atoms with van der Waals surface area (Å²) in [6.45, 7) is 0.524. The molecule has 1 aromatic carbocycles. The summed E-state index contributed by atoms with van der Waals surface area (Å²) in [4.78, 5) is 35.3. The number of aliphatic carboxylic acids is 1. The molecule has 0 spiro atoms. The number of amides is 4. The third-order valence-corrected chi connectivity index (χ3v) is 2.84. The lowest BCUT2D eigenvalue weighted by Crippen LogP contribution is -2.45. The Morgan fingerprint density at radius 2 is 1.95 bits per heavy atom. The standard InChI is InChI=1S/C12H13N3O5/c16-8-3-1-7(2-4-8)9(10(17)18)14-12(20)15-6-5-13-11(15)19/h1-4,9,16H,5-6H2,(H,13,19)(H,14,20)(H,17,18). The predicted molar refractivity (Wildman–Crippen MR) is 67.1 cm³/mol. The maximum Gasteiger partial charge on any atom is 0.330 e. The zero-order valence-electron chi connectivity index (χ0n) is 10.4. The second-order valence-corrected chi connectivity index (χ2v) is 4.20. The van der Waals surface area contributed by atoms with Gasteiger partial charge in [0.25, 0.3) is 0 Å². The highest BCUT2D eigenvalue weighted by molar-refractivity contribution is 5.96. The number of carboxylic acid groups (broad SMARTS) is 1. The number of hydrogen-bond donors (Lipinski definition) is 4. The third kappa shape index (κ3) is 2.79. The number of aromatic hydroxyl groups is 1. The number of phenolic OH excluding ortho intramolecular Hbond substituents is 1. The molecule has 0 radical (unpaired) electrons. The van der Waals surface area contributed by atoms with Crippen molar-refractivity contribution in [3.8, 4) is 5.75 Å². The highest BCUT2D eigenvalue weighted by atomic mass is 16.4. The molecule has 0 saturated carbocycles. The normalized spacial score (nSPS) is 15.6. The first-order valence-electron chi connectivity index (χ1n) is 5.86. The minimum atomic E-state index is -1.29. The van der Waals surface area contributed by atoms with Gasteiger partial charge in [0.15, 0.2) is 6.04 Å². The first-order valence-corrected chi connectivity index (χ1v) is 5.86. The van der Waals surface area contributed by atoms with Crippen molar-refractivity contribution in [1.82, 2.24) is 15.5 Å². The van der Waals surface area contributed by atoms with Gasteiger partial charge in [0.05, 0.1) is 0 Å². The van der Waals surface area contributed by atoms with Gasteiger partial charge >= 0.3 is 18.0 Å². The Kier molecular flexibility index (Phi) is 3.74. The van der Waals surface area contributed by atoms with Crippen molar-refractivity contribution < 1.29 is 24.6 Å². The number of hydrogen-bond acceptors (Lipinski definition) is 4. The summed E-state index contributed by atoms with van der Waals surface area (Å²) in [5, 5.41) is 23.0. The number of carbonyl (C=O) groups excluding carboxylic acids is 2. The summed E-state index contributed by atoms with van der Waals surface area (Å²) < 4.78 is 0. The topological polar surface area (TPSA) is 119 Å². The van der Waals surface area contributed by atoms with Crippen molar-refractivity contribution in [3.05, 3.63) is 29.8 Å². The minimum absolute atomic E-state index is 0.0110. The molecule has 4 N–H and O–H groups in total. The third-order valence-electron chi connectivity index (χ3n) is 2.84. The van der Waals surface area contributed by atoms with Crippen LogP contribution in [0.3, 0.4) is 0 Å². The van der Waals surface area contributed by atoms with E-state index in [9.17, 15) is 19.5 Å². The lowest BCUT2D eigenvalue weighted by Gasteiger charge is -2.19. The van der Waals surface area contributed by atoms with E-state index in [2.05, 4.69) is 10.6 Å². The number of imide groups is 1. The summed E-state index contributed by atoms with van der Waals surface area (Å²) >= 11 is 0. The van der Waals surface area contributed by atoms with Crippen LogP contribution in [0.2, 0.25) is 0 Å². The first-order chi connectivity index (χ1) is 9.49. The van der Waals surface area contributed by atoms with E-state index >= 15 is 0 Å². The molecular weight excluding hydrogens is 266 g/mol. The van der Waals surface area contributed by atoms with E-state index in [4.69, 9.17) is 5.11 Å². The predicted octanol–water partition coefficient (Wildman–Crippen LogP) is 0.253. The van der Waals surface area contributed by atoms with Crippen molar-refractivity contribution >= 4 is 18.0 Å². The van der Waals surface area contributed by atoms with Crippen LogP contribution in [0.5, 0.6) is 5.75 Å². The molecule has 1 saturated heterocycles. The molecule has 0 bridgehead atoms. The number of benzene rings is 1. The van der Waals surface area contributed by atoms with Crippen molar-refractivity contribution in [1.29, 1.82) is 0 Å². The quantitative estimate of drug-likeness (QED) is 0.632. The molecule has 1 aliphatic rings. The highest BCUT2D eigenvalue weighted by Crippen LogP contribution is 2.17. The van der Waals surface area contributed by atoms with E-state index in [1.54, 1.807) is 0 Å². The van der Waals surface area contributed by atoms with Crippen LogP contribution in [0.15, 0.2) is 24.3 Å². The monoisotopic (exact) mass is 279 g/mol. The summed E-state index contributed by atoms with van der Waals surface area (Å²) in [6.07, 6.45) is 0. The lowest BCUT2D eigenvalue weighted by atomic mass is 10.1. The van der Waals surface area contributed by atoms with Gasteiger partial charge in [-0.25, -0.2) is 19.3 Å². The smallest absolute Gasteiger partial charge is 0.330 e. The highest BCUT2D eigenvalue weighted by Gasteiger charge is 2.30. The molecule has 106 valence electrons. The van der Waals surface area contributed by atoms with Crippen LogP contribution in [0.1, 0.15) is 11.6 Å². The average molecular weight is 279 g/mol. The Bertz CT molecular complexity index is 543. The minimum Gasteiger partial charge on any atom is -0.508 e. The van der Waals surface area contributed by atoms with Crippen LogP contribution in [0, 0.1) is 0 Å². The molecule has 0 aromatic heterocycles. The lowest BCUT2D eigenvalue weighted by molar-refractivity contribution is -0.139. The maximum absolute atomic E-state index is 11.9. The molecule has 4 amide bonds. The first kappa shape index (κ1) is 13.7. The fraction of sp³-hybridized carbons (Fsp3) is 0.250. The van der Waals surface area contributed by atoms with E-state index < -0.39 is 24.1 Å². The molecule has 20 heavy (non-hydrogen) atoms. The molecule has 8 nitrogen and oxygen atoms in total. The number of nitrogens with zero attached hydrogens (tertiary/aromatic N) is 1. The second-order valence-electron chi connectivity index (χ2n) is 4.20. The molecular formula is C12H13N3O5. The second kappa shape index (κ2) is 5.47. The number of phenols is 1. The molecule has 0 aliphatic carbocycles. The number of carboxylic acids is 1. The fourth-order valence-corrected chi connectivity index (χ4v) is 1.82. The average Bonchev–Trinajstić information content (AvgIpc) is 2.83. The van der Waals surface area contributed by atoms with Crippen LogP contribution < -0.4 is 10.6 Å². The van der Waals surface area contributed by atoms with Gasteiger partial charge < -0.3 is 20.8 Å². The van der Waals surface area contributed by atoms with Gasteiger partial charge in [0.1, 0.15) is 5.75 Å². The molecule has 1 fully saturated rings. The molecule has 1 aromatic rings. The molecule has 1 aliphatic heterocycles. The molecule has 1 atom stereocenters. The summed E-state index contributed by atoms with van der Waals surface area (Å²) in [6, 6.07) is 2.78. The van der Waals surface area contributed by atoms with Gasteiger partial charge in [0, 0.05) is 13.1 Å². The summed E-state index contributed by atoms with van der Waals surface area (Å²) in [5.41, 5.74) is 0.295. The molecule has 2 rings (SSSR count). The van der Waals surface area contributed by atoms with Gasteiger partial charge in [-0.3, -0.25) is 0 Å². The molecule has 1 unspecified atom stereocenters. The number of nitrogens with one attached hydrogen (secondary N) is 2. The van der Waals surface area contributed by atoms with Crippen LogP contribution in [-0.4, -0.2) is 46.2 Å². The van der Waals surface area contributed by atoms with E-state index in [1.165, 1.54) is 24.3 Å². The zero-order valence-corrected chi connectivity index (χ0v) is 10.4. The summed E-state index contributed by atoms with van der Waals surface area (Å²) in [7, 11) is 0. The Morgan fingerprint density at radius 3 is 2.45 bits per heavy atom. The maximum atomic E-state index is 11.9. The van der Waals surface area contributed by atoms with Gasteiger partial charge in [0.2, 0.25) is 0 Å². The SMILES string of the molecule is O=C(O)C(NC(=O)N1CCNC1=O)c1ccc(O)cc1. The number of carbonyl (C=O) groups is 3. The Labute approximate surface area is 114 Å². The van der Waals surface area contributed by atoms with Gasteiger partial charge in [-0.2, -0.15) is 0 Å². The van der Waals surface area contributed by atoms with Crippen LogP contribution in [0.25, 0.3) is 0 Å². The summed E-state index contributed by atoms with van der Waals surface area (Å²) in [5.74, 6) is -1.27. The Hall–Kier alpha value is -2.77. The Morgan fingerprint density at radius 1 is 1.30 bits per heavy atom. The Balaban J connectivity index is 2.13. The van der Waals surface area contributed by atoms with Crippen molar-refractivity contribution in [2.75, 3.05) is 13.1 Å². The largest absolute Gasteiger partial charge is 0.508 e. The van der Waals surface area contributed by atoms with Crippen LogP contribution >= 0.6 is 0 Å². The van der Waals surface area contributed by atoms with E-state index in [1.807, 2.05) is 0 Å². The number of urea groups is 2. The van der Waals surface area contributed by atoms with E-state index in [-0.39, 0.29) is 12.3 Å². The van der Waals surface area contributed by atoms with Gasteiger partial charge in [-0.05, 0) is 17.7 Å². The molecule has 8 heteroatoms. The van der Waals surface area contributed by atoms with Gasteiger partial charge in [-0.1, -0.05) is 12.1 Å². The van der Waals surface area contributed by atoms with Crippen LogP contribution in [0.4, 0.5) is 9.59 Å². The van der Waals surface area contributed by atoms with E-state index in [0.29, 0.717) is 12.1 Å².